The van der Waals surface area contributed by atoms with Gasteiger partial charge in [0.1, 0.15) is 5.82 Å². The van der Waals surface area contributed by atoms with E-state index in [9.17, 15) is 0 Å². The molecule has 100 valence electrons. The minimum atomic E-state index is 0. The highest BCUT2D eigenvalue weighted by Gasteiger charge is 2.25. The number of imidazole rings is 1. The van der Waals surface area contributed by atoms with E-state index in [1.807, 2.05) is 25.2 Å². The fraction of sp³-hybridized carbons (Fsp3) is 0.417. The predicted octanol–water partition coefficient (Wildman–Crippen LogP) is 1.81. The van der Waals surface area contributed by atoms with Crippen molar-refractivity contribution in [2.45, 2.75) is 12.6 Å². The lowest BCUT2D eigenvalue weighted by Crippen LogP contribution is -2.56. The van der Waals surface area contributed by atoms with Crippen molar-refractivity contribution < 1.29 is 0 Å². The topological polar surface area (TPSA) is 44.0 Å². The van der Waals surface area contributed by atoms with Crippen molar-refractivity contribution in [3.8, 4) is 0 Å². The number of H-pyrrole nitrogens is 1. The summed E-state index contributed by atoms with van der Waals surface area (Å²) in [5.41, 5.74) is 2.19. The van der Waals surface area contributed by atoms with Gasteiger partial charge in [-0.3, -0.25) is 4.90 Å². The lowest BCUT2D eigenvalue weighted by Gasteiger charge is -2.38. The maximum absolute atomic E-state index is 4.57. The molecule has 2 N–H and O–H groups in total. The van der Waals surface area contributed by atoms with Crippen LogP contribution >= 0.6 is 24.8 Å². The molecule has 1 fully saturated rings. The molecule has 4 nitrogen and oxygen atoms in total. The Kier molecular flexibility index (Phi) is 5.41. The molecule has 6 heteroatoms. The highest BCUT2D eigenvalue weighted by atomic mass is 35.5. The van der Waals surface area contributed by atoms with Gasteiger partial charge < -0.3 is 10.3 Å². The number of fused-ring (bicyclic) bond motifs is 1. The molecule has 1 aliphatic heterocycles. The lowest BCUT2D eigenvalue weighted by molar-refractivity contribution is 0.121. The van der Waals surface area contributed by atoms with Crippen LogP contribution in [-0.4, -0.2) is 41.0 Å². The van der Waals surface area contributed by atoms with Crippen LogP contribution < -0.4 is 5.32 Å². The maximum atomic E-state index is 4.57. The van der Waals surface area contributed by atoms with Gasteiger partial charge in [-0.1, -0.05) is 12.1 Å². The summed E-state index contributed by atoms with van der Waals surface area (Å²) in [7, 11) is 2.02. The van der Waals surface area contributed by atoms with Crippen molar-refractivity contribution in [2.24, 2.45) is 0 Å². The van der Waals surface area contributed by atoms with Crippen LogP contribution in [0.3, 0.4) is 0 Å². The first-order chi connectivity index (χ1) is 7.85. The molecular weight excluding hydrogens is 271 g/mol. The van der Waals surface area contributed by atoms with Crippen LogP contribution in [0.2, 0.25) is 0 Å². The zero-order valence-electron chi connectivity index (χ0n) is 10.2. The molecule has 0 amide bonds. The van der Waals surface area contributed by atoms with Crippen LogP contribution in [-0.2, 0) is 6.54 Å². The monoisotopic (exact) mass is 288 g/mol. The number of benzene rings is 1. The summed E-state index contributed by atoms with van der Waals surface area (Å²) in [4.78, 5) is 10.3. The van der Waals surface area contributed by atoms with E-state index in [4.69, 9.17) is 0 Å². The second-order valence-electron chi connectivity index (χ2n) is 4.38. The van der Waals surface area contributed by atoms with Gasteiger partial charge in [0.2, 0.25) is 0 Å². The third-order valence-corrected chi connectivity index (χ3v) is 3.18. The van der Waals surface area contributed by atoms with Crippen LogP contribution in [0.4, 0.5) is 0 Å². The number of para-hydroxylation sites is 2. The third kappa shape index (κ3) is 2.95. The highest BCUT2D eigenvalue weighted by molar-refractivity contribution is 5.85. The van der Waals surface area contributed by atoms with Gasteiger partial charge in [0.15, 0.2) is 0 Å². The first kappa shape index (κ1) is 15.2. The standard InChI is InChI=1S/C12H16N4.2ClH/c1-13-9-6-16(7-9)8-12-14-10-4-2-3-5-11(10)15-12;;/h2-5,9,13H,6-8H2,1H3,(H,14,15);2*1H. The second kappa shape index (κ2) is 6.38. The Hall–Kier alpha value is -0.810. The minimum Gasteiger partial charge on any atom is -0.341 e. The van der Waals surface area contributed by atoms with E-state index in [-0.39, 0.29) is 24.8 Å². The largest absolute Gasteiger partial charge is 0.341 e. The van der Waals surface area contributed by atoms with Crippen molar-refractivity contribution in [3.05, 3.63) is 30.1 Å². The number of likely N-dealkylation sites (tertiary alicyclic amines) is 1. The van der Waals surface area contributed by atoms with E-state index in [1.165, 1.54) is 0 Å². The molecule has 0 aliphatic carbocycles. The molecule has 0 bridgehead atoms. The quantitative estimate of drug-likeness (QED) is 0.905. The summed E-state index contributed by atoms with van der Waals surface area (Å²) in [6.07, 6.45) is 0. The number of hydrogen-bond donors (Lipinski definition) is 2. The van der Waals surface area contributed by atoms with Gasteiger partial charge in [-0.05, 0) is 19.2 Å². The fourth-order valence-corrected chi connectivity index (χ4v) is 2.17. The number of likely N-dealkylation sites (N-methyl/N-ethyl adjacent to an activating group) is 1. The summed E-state index contributed by atoms with van der Waals surface area (Å²) >= 11 is 0. The Morgan fingerprint density at radius 2 is 2.06 bits per heavy atom. The van der Waals surface area contributed by atoms with Gasteiger partial charge >= 0.3 is 0 Å². The van der Waals surface area contributed by atoms with E-state index in [0.29, 0.717) is 6.04 Å². The van der Waals surface area contributed by atoms with E-state index >= 15 is 0 Å². The third-order valence-electron chi connectivity index (χ3n) is 3.18. The van der Waals surface area contributed by atoms with Crippen molar-refractivity contribution >= 4 is 35.8 Å². The van der Waals surface area contributed by atoms with Gasteiger partial charge in [0.25, 0.3) is 0 Å². The first-order valence-corrected chi connectivity index (χ1v) is 5.68. The van der Waals surface area contributed by atoms with E-state index in [1.54, 1.807) is 0 Å². The fourth-order valence-electron chi connectivity index (χ4n) is 2.17. The number of nitrogens with one attached hydrogen (secondary N) is 2. The molecule has 1 aromatic heterocycles. The number of hydrogen-bond acceptors (Lipinski definition) is 3. The molecular formula is C12H18Cl2N4. The molecule has 1 aliphatic rings. The van der Waals surface area contributed by atoms with Crippen molar-refractivity contribution in [2.75, 3.05) is 20.1 Å². The molecule has 0 atom stereocenters. The Balaban J connectivity index is 0.000000810. The van der Waals surface area contributed by atoms with Gasteiger partial charge in [-0.15, -0.1) is 24.8 Å². The van der Waals surface area contributed by atoms with Crippen molar-refractivity contribution in [3.63, 3.8) is 0 Å². The Labute approximate surface area is 119 Å². The second-order valence-corrected chi connectivity index (χ2v) is 4.38. The SMILES string of the molecule is CNC1CN(Cc2nc3ccccc3[nH]2)C1.Cl.Cl. The van der Waals surface area contributed by atoms with Crippen molar-refractivity contribution in [1.29, 1.82) is 0 Å². The van der Waals surface area contributed by atoms with Crippen LogP contribution in [0.5, 0.6) is 0 Å². The van der Waals surface area contributed by atoms with Crippen LogP contribution in [0.15, 0.2) is 24.3 Å². The molecule has 0 spiro atoms. The zero-order valence-corrected chi connectivity index (χ0v) is 11.9. The van der Waals surface area contributed by atoms with Gasteiger partial charge in [0.05, 0.1) is 17.6 Å². The molecule has 0 unspecified atom stereocenters. The van der Waals surface area contributed by atoms with E-state index in [2.05, 4.69) is 26.3 Å². The Bertz CT molecular complexity index is 461. The van der Waals surface area contributed by atoms with Crippen LogP contribution in [0, 0.1) is 0 Å². The van der Waals surface area contributed by atoms with E-state index < -0.39 is 0 Å². The average Bonchev–Trinajstić information content (AvgIpc) is 2.65. The maximum Gasteiger partial charge on any atom is 0.121 e. The molecule has 2 heterocycles. The van der Waals surface area contributed by atoms with Gasteiger partial charge in [-0.25, -0.2) is 4.98 Å². The zero-order chi connectivity index (χ0) is 11.0. The molecule has 0 radical (unpaired) electrons. The van der Waals surface area contributed by atoms with Crippen LogP contribution in [0.25, 0.3) is 11.0 Å². The summed E-state index contributed by atoms with van der Waals surface area (Å²) in [6, 6.07) is 8.82. The van der Waals surface area contributed by atoms with E-state index in [0.717, 1.165) is 36.5 Å². The van der Waals surface area contributed by atoms with Crippen LogP contribution in [0.1, 0.15) is 5.82 Å². The predicted molar refractivity (Wildman–Crippen MR) is 78.7 cm³/mol. The summed E-state index contributed by atoms with van der Waals surface area (Å²) in [5, 5.41) is 3.27. The number of aromatic amines is 1. The summed E-state index contributed by atoms with van der Waals surface area (Å²) in [6.45, 7) is 3.16. The highest BCUT2D eigenvalue weighted by Crippen LogP contribution is 2.14. The number of rotatable bonds is 3. The van der Waals surface area contributed by atoms with Gasteiger partial charge in [-0.2, -0.15) is 0 Å². The first-order valence-electron chi connectivity index (χ1n) is 5.68. The number of halogens is 2. The normalized spacial score (nSPS) is 15.8. The molecule has 18 heavy (non-hydrogen) atoms. The Morgan fingerprint density at radius 1 is 1.33 bits per heavy atom. The Morgan fingerprint density at radius 3 is 2.72 bits per heavy atom. The molecule has 1 aromatic carbocycles. The number of nitrogens with zero attached hydrogens (tertiary/aromatic N) is 2. The van der Waals surface area contributed by atoms with Gasteiger partial charge in [0, 0.05) is 19.1 Å². The van der Waals surface area contributed by atoms with Crippen molar-refractivity contribution in [1.82, 2.24) is 20.2 Å². The number of aromatic nitrogens is 2. The molecule has 2 aromatic rings. The summed E-state index contributed by atoms with van der Waals surface area (Å²) < 4.78 is 0. The minimum absolute atomic E-state index is 0. The summed E-state index contributed by atoms with van der Waals surface area (Å²) in [5.74, 6) is 1.07. The average molecular weight is 289 g/mol. The smallest absolute Gasteiger partial charge is 0.121 e. The lowest BCUT2D eigenvalue weighted by atomic mass is 10.1. The molecule has 0 saturated carbocycles. The molecule has 1 saturated heterocycles. The molecule has 3 rings (SSSR count).